The van der Waals surface area contributed by atoms with Crippen LogP contribution in [0, 0.1) is 0 Å². The lowest BCUT2D eigenvalue weighted by Crippen LogP contribution is -2.45. The van der Waals surface area contributed by atoms with Crippen LogP contribution < -0.4 is 15.9 Å². The average molecular weight is 545 g/mol. The van der Waals surface area contributed by atoms with Crippen LogP contribution in [0.5, 0.6) is 0 Å². The van der Waals surface area contributed by atoms with Crippen molar-refractivity contribution < 1.29 is 14.0 Å². The minimum atomic E-state index is -2.61. The summed E-state index contributed by atoms with van der Waals surface area (Å²) in [6.07, 6.45) is 5.81. The molecule has 0 aliphatic heterocycles. The van der Waals surface area contributed by atoms with Crippen LogP contribution in [0.15, 0.2) is 116 Å². The van der Waals surface area contributed by atoms with Crippen molar-refractivity contribution in [3.05, 3.63) is 116 Å². The summed E-state index contributed by atoms with van der Waals surface area (Å²) >= 11 is 0. The first kappa shape index (κ1) is 29.6. The van der Waals surface area contributed by atoms with Gasteiger partial charge in [0, 0.05) is 11.7 Å². The van der Waals surface area contributed by atoms with E-state index in [9.17, 15) is 4.79 Å². The van der Waals surface area contributed by atoms with Gasteiger partial charge in [-0.25, -0.2) is 4.79 Å². The van der Waals surface area contributed by atoms with Crippen molar-refractivity contribution >= 4 is 42.4 Å². The van der Waals surface area contributed by atoms with Crippen LogP contribution in [-0.4, -0.2) is 32.8 Å². The SMILES string of the molecule is C=C/C=C/[C@H](CC(C(=O)OC)=P(c1ccccc1)(c1ccccc1)c1ccccc1)O[Si](C)(C)C(C)(C)C. The second kappa shape index (κ2) is 12.8. The van der Waals surface area contributed by atoms with Gasteiger partial charge in [-0.2, -0.15) is 0 Å². The Morgan fingerprint density at radius 2 is 1.29 bits per heavy atom. The molecule has 1 atom stereocenters. The van der Waals surface area contributed by atoms with E-state index in [1.165, 1.54) is 7.11 Å². The van der Waals surface area contributed by atoms with E-state index >= 15 is 0 Å². The zero-order valence-electron chi connectivity index (χ0n) is 23.6. The second-order valence-corrected chi connectivity index (χ2v) is 19.0. The lowest BCUT2D eigenvalue weighted by Gasteiger charge is -2.39. The van der Waals surface area contributed by atoms with Gasteiger partial charge in [-0.05, 0) is 40.9 Å². The minimum absolute atomic E-state index is 0.0171. The first-order valence-corrected chi connectivity index (χ1v) is 17.7. The maximum absolute atomic E-state index is 13.9. The van der Waals surface area contributed by atoms with E-state index in [0.717, 1.165) is 21.2 Å². The summed E-state index contributed by atoms with van der Waals surface area (Å²) in [5.74, 6) is -0.300. The van der Waals surface area contributed by atoms with Gasteiger partial charge in [0.25, 0.3) is 0 Å². The Hall–Kier alpha value is -2.91. The summed E-state index contributed by atoms with van der Waals surface area (Å²) in [6, 6.07) is 31.2. The molecular weight excluding hydrogens is 503 g/mol. The average Bonchev–Trinajstić information content (AvgIpc) is 2.92. The number of allylic oxidation sites excluding steroid dienone is 2. The summed E-state index contributed by atoms with van der Waals surface area (Å²) in [5.41, 5.74) is 0. The molecule has 0 aliphatic rings. The molecule has 5 heteroatoms. The molecule has 0 fully saturated rings. The maximum atomic E-state index is 13.9. The molecule has 0 aliphatic carbocycles. The van der Waals surface area contributed by atoms with Crippen molar-refractivity contribution in [3.63, 3.8) is 0 Å². The number of carbonyl (C=O) groups excluding carboxylic acids is 1. The van der Waals surface area contributed by atoms with E-state index < -0.39 is 15.2 Å². The van der Waals surface area contributed by atoms with Gasteiger partial charge >= 0.3 is 5.97 Å². The predicted octanol–water partition coefficient (Wildman–Crippen LogP) is 6.85. The molecule has 0 heterocycles. The molecule has 0 N–H and O–H groups in total. The molecule has 0 unspecified atom stereocenters. The number of hydrogen-bond donors (Lipinski definition) is 0. The zero-order valence-corrected chi connectivity index (χ0v) is 25.5. The first-order chi connectivity index (χ1) is 18.1. The van der Waals surface area contributed by atoms with Crippen LogP contribution in [0.2, 0.25) is 18.1 Å². The second-order valence-electron chi connectivity index (χ2n) is 10.9. The number of benzene rings is 3. The van der Waals surface area contributed by atoms with Crippen molar-refractivity contribution in [2.24, 2.45) is 0 Å². The third-order valence-electron chi connectivity index (χ3n) is 7.36. The van der Waals surface area contributed by atoms with Gasteiger partial charge in [-0.3, -0.25) is 0 Å². The highest BCUT2D eigenvalue weighted by atomic mass is 31.2. The van der Waals surface area contributed by atoms with E-state index in [2.05, 4.69) is 76.8 Å². The normalized spacial score (nSPS) is 13.2. The Bertz CT molecular complexity index is 1190. The summed E-state index contributed by atoms with van der Waals surface area (Å²) in [5, 5.41) is 4.08. The molecule has 3 rings (SSSR count). The monoisotopic (exact) mass is 544 g/mol. The Morgan fingerprint density at radius 1 is 0.868 bits per heavy atom. The van der Waals surface area contributed by atoms with Crippen LogP contribution in [0.25, 0.3) is 0 Å². The van der Waals surface area contributed by atoms with Crippen molar-refractivity contribution in [2.75, 3.05) is 7.11 Å². The summed E-state index contributed by atoms with van der Waals surface area (Å²) in [7, 11) is -0.692. The fourth-order valence-electron chi connectivity index (χ4n) is 4.44. The van der Waals surface area contributed by atoms with Gasteiger partial charge in [0.1, 0.15) is 0 Å². The summed E-state index contributed by atoms with van der Waals surface area (Å²) in [6.45, 7) is 12.4. The van der Waals surface area contributed by atoms with Crippen molar-refractivity contribution in [3.8, 4) is 0 Å². The standard InChI is InChI=1S/C33H41O3PSi/c1-8-9-19-27(36-38(6,7)33(2,3)4)26-31(32(34)35-5)37(28-20-13-10-14-21-28,29-22-15-11-16-23-29)30-24-17-12-18-25-30/h8-25,27H,1,26H2,2-7H3/b19-9+/t27-/m1/s1. The Labute approximate surface area is 230 Å². The van der Waals surface area contributed by atoms with Gasteiger partial charge in [-0.15, -0.1) is 0 Å². The van der Waals surface area contributed by atoms with Crippen LogP contribution in [-0.2, 0) is 14.0 Å². The Morgan fingerprint density at radius 3 is 1.63 bits per heavy atom. The van der Waals surface area contributed by atoms with E-state index in [1.807, 2.05) is 66.7 Å². The molecule has 0 spiro atoms. The van der Waals surface area contributed by atoms with Crippen LogP contribution in [0.3, 0.4) is 0 Å². The molecule has 0 radical (unpaired) electrons. The molecule has 0 bridgehead atoms. The smallest absolute Gasteiger partial charge is 0.334 e. The number of rotatable bonds is 10. The summed E-state index contributed by atoms with van der Waals surface area (Å²) < 4.78 is 12.5. The fourth-order valence-corrected chi connectivity index (χ4v) is 10.2. The molecule has 0 aromatic heterocycles. The number of esters is 1. The fraction of sp³-hybridized carbons (Fsp3) is 0.273. The van der Waals surface area contributed by atoms with E-state index in [1.54, 1.807) is 6.08 Å². The predicted molar refractivity (Wildman–Crippen MR) is 168 cm³/mol. The third-order valence-corrected chi connectivity index (χ3v) is 16.3. The van der Waals surface area contributed by atoms with Crippen LogP contribution in [0.4, 0.5) is 0 Å². The van der Waals surface area contributed by atoms with E-state index in [0.29, 0.717) is 6.42 Å². The molecule has 200 valence electrons. The van der Waals surface area contributed by atoms with Crippen LogP contribution in [0.1, 0.15) is 27.2 Å². The van der Waals surface area contributed by atoms with Crippen LogP contribution >= 0.6 is 6.89 Å². The minimum Gasteiger partial charge on any atom is -0.466 e. The number of carbonyl (C=O) groups is 1. The van der Waals surface area contributed by atoms with Gasteiger partial charge in [0.15, 0.2) is 8.32 Å². The topological polar surface area (TPSA) is 35.5 Å². The van der Waals surface area contributed by atoms with Gasteiger partial charge in [-0.1, -0.05) is 137 Å². The highest BCUT2D eigenvalue weighted by Crippen LogP contribution is 2.48. The van der Waals surface area contributed by atoms with Crippen molar-refractivity contribution in [1.29, 1.82) is 0 Å². The molecule has 3 nitrogen and oxygen atoms in total. The quantitative estimate of drug-likeness (QED) is 0.121. The molecule has 0 saturated carbocycles. The maximum Gasteiger partial charge on any atom is 0.334 e. The molecule has 3 aromatic carbocycles. The lowest BCUT2D eigenvalue weighted by molar-refractivity contribution is -0.132. The largest absolute Gasteiger partial charge is 0.466 e. The lowest BCUT2D eigenvalue weighted by atomic mass is 10.2. The first-order valence-electron chi connectivity index (χ1n) is 13.1. The molecule has 3 aromatic rings. The van der Waals surface area contributed by atoms with Crippen molar-refractivity contribution in [1.82, 2.24) is 0 Å². The van der Waals surface area contributed by atoms with Gasteiger partial charge < -0.3 is 9.16 Å². The number of ether oxygens (including phenoxy) is 1. The van der Waals surface area contributed by atoms with Gasteiger partial charge in [0.05, 0.1) is 13.2 Å². The van der Waals surface area contributed by atoms with E-state index in [4.69, 9.17) is 9.16 Å². The van der Waals surface area contributed by atoms with Crippen molar-refractivity contribution in [2.45, 2.75) is 51.4 Å². The van der Waals surface area contributed by atoms with Gasteiger partial charge in [0.2, 0.25) is 0 Å². The number of methoxy groups -OCH3 is 1. The molecular formula is C33H41O3PSi. The molecule has 0 saturated heterocycles. The number of hydrogen-bond acceptors (Lipinski definition) is 3. The highest BCUT2D eigenvalue weighted by Gasteiger charge is 2.40. The summed E-state index contributed by atoms with van der Waals surface area (Å²) in [4.78, 5) is 13.9. The third kappa shape index (κ3) is 6.38. The van der Waals surface area contributed by atoms with E-state index in [-0.39, 0.29) is 17.1 Å². The molecule has 38 heavy (non-hydrogen) atoms. The highest BCUT2D eigenvalue weighted by molar-refractivity contribution is 7.96. The Kier molecular flexibility index (Phi) is 9.95. The zero-order chi connectivity index (χ0) is 27.8. The Balaban J connectivity index is 2.46. The molecule has 0 amide bonds.